The summed E-state index contributed by atoms with van der Waals surface area (Å²) >= 11 is 12.1. The Bertz CT molecular complexity index is 483. The molecule has 0 aromatic heterocycles. The second kappa shape index (κ2) is 8.59. The number of benzene rings is 1. The fourth-order valence-corrected chi connectivity index (χ4v) is 2.62. The van der Waals surface area contributed by atoms with Gasteiger partial charge in [-0.25, -0.2) is 0 Å². The molecule has 0 spiro atoms. The van der Waals surface area contributed by atoms with Gasteiger partial charge < -0.3 is 10.1 Å². The van der Waals surface area contributed by atoms with Gasteiger partial charge in [0.2, 0.25) is 5.91 Å². The van der Waals surface area contributed by atoms with Crippen molar-refractivity contribution in [2.45, 2.75) is 25.9 Å². The van der Waals surface area contributed by atoms with Crippen molar-refractivity contribution in [1.29, 1.82) is 0 Å². The number of nitrogens with one attached hydrogen (secondary N) is 1. The average molecular weight is 333 g/mol. The second-order valence-corrected chi connectivity index (χ2v) is 6.02. The van der Waals surface area contributed by atoms with Crippen molar-refractivity contribution in [2.75, 3.05) is 27.3 Å². The van der Waals surface area contributed by atoms with Gasteiger partial charge in [-0.15, -0.1) is 0 Å². The third-order valence-corrected chi connectivity index (χ3v) is 3.85. The largest absolute Gasteiger partial charge is 0.383 e. The van der Waals surface area contributed by atoms with Crippen LogP contribution < -0.4 is 5.32 Å². The molecule has 1 aromatic rings. The smallest absolute Gasteiger partial charge is 0.234 e. The lowest BCUT2D eigenvalue weighted by molar-refractivity contribution is -0.123. The van der Waals surface area contributed by atoms with Crippen molar-refractivity contribution in [1.82, 2.24) is 10.2 Å². The predicted octanol–water partition coefficient (Wildman–Crippen LogP) is 3.14. The van der Waals surface area contributed by atoms with Crippen molar-refractivity contribution < 1.29 is 9.53 Å². The molecule has 0 aliphatic carbocycles. The monoisotopic (exact) mass is 332 g/mol. The molecule has 0 unspecified atom stereocenters. The van der Waals surface area contributed by atoms with Crippen LogP contribution >= 0.6 is 23.2 Å². The van der Waals surface area contributed by atoms with E-state index in [0.29, 0.717) is 16.7 Å². The molecule has 2 atom stereocenters. The van der Waals surface area contributed by atoms with E-state index in [1.807, 2.05) is 31.9 Å². The highest BCUT2D eigenvalue weighted by Crippen LogP contribution is 2.28. The van der Waals surface area contributed by atoms with Crippen LogP contribution in [-0.4, -0.2) is 44.2 Å². The van der Waals surface area contributed by atoms with E-state index in [4.69, 9.17) is 27.9 Å². The van der Waals surface area contributed by atoms with Gasteiger partial charge in [-0.2, -0.15) is 0 Å². The molecule has 0 bridgehead atoms. The maximum atomic E-state index is 12.0. The van der Waals surface area contributed by atoms with Crippen molar-refractivity contribution in [3.05, 3.63) is 33.8 Å². The first-order chi connectivity index (χ1) is 9.85. The molecule has 1 aromatic carbocycles. The zero-order chi connectivity index (χ0) is 16.0. The summed E-state index contributed by atoms with van der Waals surface area (Å²) in [7, 11) is 3.50. The van der Waals surface area contributed by atoms with Crippen LogP contribution in [-0.2, 0) is 9.53 Å². The molecule has 6 heteroatoms. The quantitative estimate of drug-likeness (QED) is 0.833. The van der Waals surface area contributed by atoms with Gasteiger partial charge in [-0.3, -0.25) is 9.69 Å². The molecule has 0 aliphatic rings. The topological polar surface area (TPSA) is 41.6 Å². The highest BCUT2D eigenvalue weighted by Gasteiger charge is 2.18. The van der Waals surface area contributed by atoms with Gasteiger partial charge in [0.05, 0.1) is 13.2 Å². The molecule has 0 saturated carbocycles. The Balaban J connectivity index is 2.62. The van der Waals surface area contributed by atoms with Gasteiger partial charge in [0.15, 0.2) is 0 Å². The summed E-state index contributed by atoms with van der Waals surface area (Å²) in [5.41, 5.74) is 0.946. The van der Waals surface area contributed by atoms with E-state index in [1.54, 1.807) is 19.2 Å². The number of ether oxygens (including phenoxy) is 1. The van der Waals surface area contributed by atoms with E-state index in [1.165, 1.54) is 0 Å². The van der Waals surface area contributed by atoms with Crippen LogP contribution in [0.1, 0.15) is 25.5 Å². The van der Waals surface area contributed by atoms with Gasteiger partial charge in [-0.05, 0) is 38.6 Å². The SMILES string of the molecule is COC[C@H](C)NC(=O)CN(C)[C@@H](C)c1ccc(Cl)cc1Cl. The molecule has 21 heavy (non-hydrogen) atoms. The molecular weight excluding hydrogens is 311 g/mol. The number of rotatable bonds is 7. The first-order valence-electron chi connectivity index (χ1n) is 6.78. The minimum absolute atomic E-state index is 0.00896. The van der Waals surface area contributed by atoms with Crippen LogP contribution in [0.15, 0.2) is 18.2 Å². The zero-order valence-corrected chi connectivity index (χ0v) is 14.3. The van der Waals surface area contributed by atoms with Crippen molar-refractivity contribution >= 4 is 29.1 Å². The number of methoxy groups -OCH3 is 1. The molecule has 0 radical (unpaired) electrons. The minimum atomic E-state index is -0.0426. The van der Waals surface area contributed by atoms with Crippen molar-refractivity contribution in [3.63, 3.8) is 0 Å². The average Bonchev–Trinajstić information content (AvgIpc) is 2.37. The van der Waals surface area contributed by atoms with Crippen LogP contribution in [0.4, 0.5) is 0 Å². The molecule has 0 fully saturated rings. The van der Waals surface area contributed by atoms with Gasteiger partial charge >= 0.3 is 0 Å². The maximum absolute atomic E-state index is 12.0. The van der Waals surface area contributed by atoms with Crippen molar-refractivity contribution in [3.8, 4) is 0 Å². The molecule has 1 N–H and O–H groups in total. The summed E-state index contributed by atoms with van der Waals surface area (Å²) in [5.74, 6) is -0.0426. The number of amides is 1. The van der Waals surface area contributed by atoms with E-state index in [9.17, 15) is 4.79 Å². The molecule has 118 valence electrons. The Labute approximate surface area is 136 Å². The predicted molar refractivity (Wildman–Crippen MR) is 87.0 cm³/mol. The number of nitrogens with zero attached hydrogens (tertiary/aromatic N) is 1. The van der Waals surface area contributed by atoms with Crippen LogP contribution in [0, 0.1) is 0 Å². The Morgan fingerprint density at radius 3 is 2.62 bits per heavy atom. The highest BCUT2D eigenvalue weighted by atomic mass is 35.5. The lowest BCUT2D eigenvalue weighted by Crippen LogP contribution is -2.42. The Morgan fingerprint density at radius 2 is 2.05 bits per heavy atom. The molecule has 0 saturated heterocycles. The van der Waals surface area contributed by atoms with E-state index >= 15 is 0 Å². The van der Waals surface area contributed by atoms with E-state index in [2.05, 4.69) is 5.32 Å². The molecule has 1 rings (SSSR count). The summed E-state index contributed by atoms with van der Waals surface area (Å²) in [6.45, 7) is 4.68. The summed E-state index contributed by atoms with van der Waals surface area (Å²) < 4.78 is 4.99. The number of likely N-dealkylation sites (N-methyl/N-ethyl adjacent to an activating group) is 1. The van der Waals surface area contributed by atoms with Gasteiger partial charge in [0.1, 0.15) is 0 Å². The number of hydrogen-bond acceptors (Lipinski definition) is 3. The molecule has 4 nitrogen and oxygen atoms in total. The number of halogens is 2. The third-order valence-electron chi connectivity index (χ3n) is 3.29. The van der Waals surface area contributed by atoms with Crippen LogP contribution in [0.2, 0.25) is 10.0 Å². The maximum Gasteiger partial charge on any atom is 0.234 e. The molecule has 0 aliphatic heterocycles. The summed E-state index contributed by atoms with van der Waals surface area (Å²) in [5, 5.41) is 4.09. The first-order valence-corrected chi connectivity index (χ1v) is 7.54. The number of hydrogen-bond donors (Lipinski definition) is 1. The standard InChI is InChI=1S/C15H22Cl2N2O2/c1-10(9-21-4)18-15(20)8-19(3)11(2)13-6-5-12(16)7-14(13)17/h5-7,10-11H,8-9H2,1-4H3,(H,18,20)/t10-,11-/m0/s1. The normalized spacial score (nSPS) is 14.0. The second-order valence-electron chi connectivity index (χ2n) is 5.18. The van der Waals surface area contributed by atoms with Gasteiger partial charge in [0.25, 0.3) is 0 Å². The third kappa shape index (κ3) is 5.83. The van der Waals surface area contributed by atoms with Crippen LogP contribution in [0.5, 0.6) is 0 Å². The molecular formula is C15H22Cl2N2O2. The van der Waals surface area contributed by atoms with Gasteiger partial charge in [-0.1, -0.05) is 29.3 Å². The summed E-state index contributed by atoms with van der Waals surface area (Å²) in [6, 6.07) is 5.40. The number of carbonyl (C=O) groups excluding carboxylic acids is 1. The van der Waals surface area contributed by atoms with Crippen LogP contribution in [0.25, 0.3) is 0 Å². The highest BCUT2D eigenvalue weighted by molar-refractivity contribution is 6.35. The molecule has 1 amide bonds. The Hall–Kier alpha value is -0.810. The first kappa shape index (κ1) is 18.2. The molecule has 0 heterocycles. The number of carbonyl (C=O) groups is 1. The minimum Gasteiger partial charge on any atom is -0.383 e. The van der Waals surface area contributed by atoms with E-state index in [0.717, 1.165) is 5.56 Å². The zero-order valence-electron chi connectivity index (χ0n) is 12.8. The van der Waals surface area contributed by atoms with E-state index < -0.39 is 0 Å². The lowest BCUT2D eigenvalue weighted by atomic mass is 10.1. The Kier molecular flexibility index (Phi) is 7.46. The fraction of sp³-hybridized carbons (Fsp3) is 0.533. The fourth-order valence-electron chi connectivity index (χ4n) is 2.05. The van der Waals surface area contributed by atoms with E-state index in [-0.39, 0.29) is 24.5 Å². The van der Waals surface area contributed by atoms with Crippen molar-refractivity contribution in [2.24, 2.45) is 0 Å². The Morgan fingerprint density at radius 1 is 1.38 bits per heavy atom. The summed E-state index contributed by atoms with van der Waals surface area (Å²) in [4.78, 5) is 13.9. The van der Waals surface area contributed by atoms with Gasteiger partial charge in [0, 0.05) is 29.2 Å². The summed E-state index contributed by atoms with van der Waals surface area (Å²) in [6.07, 6.45) is 0. The lowest BCUT2D eigenvalue weighted by Gasteiger charge is -2.26. The van der Waals surface area contributed by atoms with Crippen LogP contribution in [0.3, 0.4) is 0 Å².